The van der Waals surface area contributed by atoms with Gasteiger partial charge in [-0.05, 0) is 12.8 Å². The summed E-state index contributed by atoms with van der Waals surface area (Å²) in [5.74, 6) is 3.39. The molecule has 0 bridgehead atoms. The molecule has 1 fully saturated rings. The van der Waals surface area contributed by atoms with E-state index in [0.717, 1.165) is 28.4 Å². The molecule has 0 amide bonds. The van der Waals surface area contributed by atoms with E-state index < -0.39 is 0 Å². The second-order valence-corrected chi connectivity index (χ2v) is 4.41. The van der Waals surface area contributed by atoms with Crippen molar-refractivity contribution in [3.8, 4) is 11.5 Å². The lowest BCUT2D eigenvalue weighted by Crippen LogP contribution is -2.15. The van der Waals surface area contributed by atoms with Gasteiger partial charge in [-0.3, -0.25) is 0 Å². The number of rotatable bonds is 1. The van der Waals surface area contributed by atoms with Crippen LogP contribution in [0.15, 0.2) is 12.1 Å². The van der Waals surface area contributed by atoms with Gasteiger partial charge in [0.1, 0.15) is 19.0 Å². The van der Waals surface area contributed by atoms with Crippen LogP contribution in [0.5, 0.6) is 11.5 Å². The molecule has 0 radical (unpaired) electrons. The van der Waals surface area contributed by atoms with Crippen LogP contribution in [0.3, 0.4) is 0 Å². The summed E-state index contributed by atoms with van der Waals surface area (Å²) in [6.45, 7) is 1.25. The number of aromatic nitrogens is 2. The minimum Gasteiger partial charge on any atom is -0.486 e. The number of ether oxygens (including phenoxy) is 2. The van der Waals surface area contributed by atoms with E-state index in [1.807, 2.05) is 12.1 Å². The highest BCUT2D eigenvalue weighted by Crippen LogP contribution is 2.40. The number of benzene rings is 1. The molecule has 1 aliphatic carbocycles. The Morgan fingerprint density at radius 3 is 2.62 bits per heavy atom. The number of fused-ring (bicyclic) bond motifs is 2. The monoisotopic (exact) mass is 216 g/mol. The standard InChI is InChI=1S/C12H12N2O2/c1-2-7(1)12-13-8-5-10-11(6-9(8)14-12)16-4-3-15-10/h5-7H,1-4H2,(H,13,14). The summed E-state index contributed by atoms with van der Waals surface area (Å²) in [5.41, 5.74) is 2.03. The molecule has 0 saturated heterocycles. The van der Waals surface area contributed by atoms with Crippen molar-refractivity contribution in [2.75, 3.05) is 13.2 Å². The van der Waals surface area contributed by atoms with Gasteiger partial charge in [0.05, 0.1) is 11.0 Å². The van der Waals surface area contributed by atoms with E-state index in [0.29, 0.717) is 19.1 Å². The topological polar surface area (TPSA) is 47.1 Å². The molecule has 4 nitrogen and oxygen atoms in total. The van der Waals surface area contributed by atoms with Crippen LogP contribution in [0.25, 0.3) is 11.0 Å². The molecule has 0 atom stereocenters. The first kappa shape index (κ1) is 8.44. The van der Waals surface area contributed by atoms with Crippen molar-refractivity contribution in [1.29, 1.82) is 0 Å². The highest BCUT2D eigenvalue weighted by Gasteiger charge is 2.27. The number of hydrogen-bond acceptors (Lipinski definition) is 3. The summed E-state index contributed by atoms with van der Waals surface area (Å²) in [5, 5.41) is 0. The third-order valence-corrected chi connectivity index (χ3v) is 3.13. The fraction of sp³-hybridized carbons (Fsp3) is 0.417. The Morgan fingerprint density at radius 1 is 1.12 bits per heavy atom. The van der Waals surface area contributed by atoms with E-state index in [1.54, 1.807) is 0 Å². The zero-order chi connectivity index (χ0) is 10.5. The summed E-state index contributed by atoms with van der Waals surface area (Å²) in [4.78, 5) is 7.95. The van der Waals surface area contributed by atoms with Crippen molar-refractivity contribution >= 4 is 11.0 Å². The smallest absolute Gasteiger partial charge is 0.163 e. The molecule has 1 saturated carbocycles. The molecule has 1 N–H and O–H groups in total. The average molecular weight is 216 g/mol. The van der Waals surface area contributed by atoms with Crippen molar-refractivity contribution in [3.05, 3.63) is 18.0 Å². The largest absolute Gasteiger partial charge is 0.486 e. The van der Waals surface area contributed by atoms with E-state index >= 15 is 0 Å². The molecule has 82 valence electrons. The highest BCUT2D eigenvalue weighted by molar-refractivity contribution is 5.80. The first-order chi connectivity index (χ1) is 7.90. The van der Waals surface area contributed by atoms with Crippen LogP contribution in [0.4, 0.5) is 0 Å². The van der Waals surface area contributed by atoms with Crippen LogP contribution in [-0.2, 0) is 0 Å². The molecule has 4 heteroatoms. The fourth-order valence-corrected chi connectivity index (χ4v) is 2.12. The summed E-state index contributed by atoms with van der Waals surface area (Å²) >= 11 is 0. The summed E-state index contributed by atoms with van der Waals surface area (Å²) < 4.78 is 11.1. The number of nitrogens with one attached hydrogen (secondary N) is 1. The van der Waals surface area contributed by atoms with Crippen LogP contribution in [0, 0.1) is 0 Å². The van der Waals surface area contributed by atoms with Crippen LogP contribution in [0.2, 0.25) is 0 Å². The number of H-pyrrole nitrogens is 1. The Balaban J connectivity index is 1.89. The third-order valence-electron chi connectivity index (χ3n) is 3.13. The zero-order valence-electron chi connectivity index (χ0n) is 8.82. The maximum atomic E-state index is 5.54. The number of nitrogens with zero attached hydrogens (tertiary/aromatic N) is 1. The second-order valence-electron chi connectivity index (χ2n) is 4.41. The van der Waals surface area contributed by atoms with Gasteiger partial charge < -0.3 is 14.5 Å². The minimum atomic E-state index is 0.623. The normalized spacial score (nSPS) is 19.0. The lowest BCUT2D eigenvalue weighted by atomic mass is 10.2. The van der Waals surface area contributed by atoms with Gasteiger partial charge in [0.2, 0.25) is 0 Å². The van der Waals surface area contributed by atoms with Gasteiger partial charge in [0, 0.05) is 18.1 Å². The average Bonchev–Trinajstić information content (AvgIpc) is 3.07. The van der Waals surface area contributed by atoms with E-state index in [4.69, 9.17) is 9.47 Å². The molecule has 2 heterocycles. The molecule has 0 unspecified atom stereocenters. The van der Waals surface area contributed by atoms with Gasteiger partial charge in [-0.1, -0.05) is 0 Å². The highest BCUT2D eigenvalue weighted by atomic mass is 16.6. The Kier molecular flexibility index (Phi) is 1.53. The lowest BCUT2D eigenvalue weighted by molar-refractivity contribution is 0.172. The predicted octanol–water partition coefficient (Wildman–Crippen LogP) is 2.21. The lowest BCUT2D eigenvalue weighted by Gasteiger charge is -2.17. The molecule has 2 aliphatic rings. The molecular formula is C12H12N2O2. The Labute approximate surface area is 92.6 Å². The van der Waals surface area contributed by atoms with Crippen molar-refractivity contribution in [3.63, 3.8) is 0 Å². The molecular weight excluding hydrogens is 204 g/mol. The van der Waals surface area contributed by atoms with Gasteiger partial charge in [-0.25, -0.2) is 4.98 Å². The minimum absolute atomic E-state index is 0.623. The zero-order valence-corrected chi connectivity index (χ0v) is 8.82. The van der Waals surface area contributed by atoms with Gasteiger partial charge in [-0.2, -0.15) is 0 Å². The number of hydrogen-bond donors (Lipinski definition) is 1. The first-order valence-corrected chi connectivity index (χ1v) is 5.69. The summed E-state index contributed by atoms with van der Waals surface area (Å²) in [7, 11) is 0. The van der Waals surface area contributed by atoms with E-state index in [2.05, 4.69) is 9.97 Å². The maximum absolute atomic E-state index is 5.54. The molecule has 1 aromatic heterocycles. The van der Waals surface area contributed by atoms with Gasteiger partial charge >= 0.3 is 0 Å². The Bertz CT molecular complexity index is 514. The van der Waals surface area contributed by atoms with Crippen molar-refractivity contribution in [2.24, 2.45) is 0 Å². The molecule has 4 rings (SSSR count). The Hall–Kier alpha value is -1.71. The third kappa shape index (κ3) is 1.19. The quantitative estimate of drug-likeness (QED) is 0.795. The molecule has 2 aromatic rings. The van der Waals surface area contributed by atoms with Gasteiger partial charge in [0.25, 0.3) is 0 Å². The Morgan fingerprint density at radius 2 is 1.88 bits per heavy atom. The molecule has 0 spiro atoms. The summed E-state index contributed by atoms with van der Waals surface area (Å²) in [6.07, 6.45) is 2.51. The van der Waals surface area contributed by atoms with Crippen LogP contribution >= 0.6 is 0 Å². The van der Waals surface area contributed by atoms with E-state index in [9.17, 15) is 0 Å². The van der Waals surface area contributed by atoms with Crippen LogP contribution in [0.1, 0.15) is 24.6 Å². The van der Waals surface area contributed by atoms with Crippen LogP contribution in [-0.4, -0.2) is 23.2 Å². The predicted molar refractivity (Wildman–Crippen MR) is 59.1 cm³/mol. The SMILES string of the molecule is c1c2c(cc3[nH]c(C4CC4)nc13)OCCO2. The molecule has 1 aliphatic heterocycles. The van der Waals surface area contributed by atoms with Gasteiger partial charge in [-0.15, -0.1) is 0 Å². The number of aromatic amines is 1. The van der Waals surface area contributed by atoms with Crippen molar-refractivity contribution < 1.29 is 9.47 Å². The van der Waals surface area contributed by atoms with E-state index in [1.165, 1.54) is 12.8 Å². The number of imidazole rings is 1. The van der Waals surface area contributed by atoms with E-state index in [-0.39, 0.29) is 0 Å². The summed E-state index contributed by atoms with van der Waals surface area (Å²) in [6, 6.07) is 3.95. The van der Waals surface area contributed by atoms with Crippen LogP contribution < -0.4 is 9.47 Å². The second kappa shape index (κ2) is 2.90. The van der Waals surface area contributed by atoms with Crippen molar-refractivity contribution in [2.45, 2.75) is 18.8 Å². The van der Waals surface area contributed by atoms with Crippen molar-refractivity contribution in [1.82, 2.24) is 9.97 Å². The maximum Gasteiger partial charge on any atom is 0.163 e. The first-order valence-electron chi connectivity index (χ1n) is 5.69. The van der Waals surface area contributed by atoms with Gasteiger partial charge in [0.15, 0.2) is 11.5 Å². The molecule has 16 heavy (non-hydrogen) atoms. The fourth-order valence-electron chi connectivity index (χ4n) is 2.12. The molecule has 1 aromatic carbocycles.